The summed E-state index contributed by atoms with van der Waals surface area (Å²) in [5.41, 5.74) is 3.54. The number of nitrogens with zero attached hydrogens (tertiary/aromatic N) is 1. The Morgan fingerprint density at radius 3 is 2.71 bits per heavy atom. The molecule has 0 bridgehead atoms. The van der Waals surface area contributed by atoms with Crippen LogP contribution in [0.25, 0.3) is 0 Å². The molecule has 0 aromatic heterocycles. The maximum absolute atomic E-state index is 12.3. The fourth-order valence-electron chi connectivity index (χ4n) is 2.76. The SMILES string of the molecule is Cc1ccc(C)c(C2NC(C)C(=O)N2CCCS(C)=O)c1. The highest BCUT2D eigenvalue weighted by atomic mass is 32.2. The van der Waals surface area contributed by atoms with Gasteiger partial charge in [0.15, 0.2) is 0 Å². The second kappa shape index (κ2) is 6.71. The summed E-state index contributed by atoms with van der Waals surface area (Å²) in [6.07, 6.45) is 2.40. The fraction of sp³-hybridized carbons (Fsp3) is 0.562. The number of nitrogens with one attached hydrogen (secondary N) is 1. The van der Waals surface area contributed by atoms with E-state index in [4.69, 9.17) is 0 Å². The highest BCUT2D eigenvalue weighted by Crippen LogP contribution is 2.28. The van der Waals surface area contributed by atoms with Crippen LogP contribution in [0.3, 0.4) is 0 Å². The Bertz CT molecular complexity index is 559. The summed E-state index contributed by atoms with van der Waals surface area (Å²) in [6.45, 7) is 6.68. The van der Waals surface area contributed by atoms with Crippen molar-refractivity contribution in [3.05, 3.63) is 34.9 Å². The fourth-order valence-corrected chi connectivity index (χ4v) is 3.30. The third kappa shape index (κ3) is 3.71. The van der Waals surface area contributed by atoms with Gasteiger partial charge in [0.05, 0.1) is 6.04 Å². The van der Waals surface area contributed by atoms with Gasteiger partial charge in [0.1, 0.15) is 6.17 Å². The Kier molecular flexibility index (Phi) is 5.17. The molecule has 0 saturated carbocycles. The smallest absolute Gasteiger partial charge is 0.241 e. The summed E-state index contributed by atoms with van der Waals surface area (Å²) in [7, 11) is -0.808. The van der Waals surface area contributed by atoms with Crippen molar-refractivity contribution in [3.63, 3.8) is 0 Å². The van der Waals surface area contributed by atoms with Crippen LogP contribution in [-0.2, 0) is 15.6 Å². The number of carbonyl (C=O) groups is 1. The predicted octanol–water partition coefficient (Wildman–Crippen LogP) is 1.89. The van der Waals surface area contributed by atoms with Crippen molar-refractivity contribution >= 4 is 16.7 Å². The lowest BCUT2D eigenvalue weighted by molar-refractivity contribution is -0.129. The van der Waals surface area contributed by atoms with Crippen LogP contribution in [0.5, 0.6) is 0 Å². The number of aryl methyl sites for hydroxylation is 2. The van der Waals surface area contributed by atoms with Crippen molar-refractivity contribution < 1.29 is 9.00 Å². The molecule has 4 nitrogen and oxygen atoms in total. The Hall–Kier alpha value is -1.20. The van der Waals surface area contributed by atoms with Crippen molar-refractivity contribution in [2.75, 3.05) is 18.6 Å². The molecule has 1 amide bonds. The van der Waals surface area contributed by atoms with E-state index in [1.807, 2.05) is 11.8 Å². The van der Waals surface area contributed by atoms with Crippen molar-refractivity contribution in [1.29, 1.82) is 0 Å². The lowest BCUT2D eigenvalue weighted by Gasteiger charge is -2.26. The van der Waals surface area contributed by atoms with Crippen LogP contribution in [0.4, 0.5) is 0 Å². The highest BCUT2D eigenvalue weighted by Gasteiger charge is 2.37. The zero-order valence-electron chi connectivity index (χ0n) is 13.2. The lowest BCUT2D eigenvalue weighted by atomic mass is 10.0. The topological polar surface area (TPSA) is 49.4 Å². The standard InChI is InChI=1S/C16H24N2O2S/c1-11-6-7-12(2)14(10-11)15-17-13(3)16(19)18(15)8-5-9-21(4)20/h6-7,10,13,15,17H,5,8-9H2,1-4H3. The van der Waals surface area contributed by atoms with E-state index in [0.29, 0.717) is 12.3 Å². The quantitative estimate of drug-likeness (QED) is 0.904. The Labute approximate surface area is 129 Å². The summed E-state index contributed by atoms with van der Waals surface area (Å²) in [5, 5.41) is 3.38. The average Bonchev–Trinajstić information content (AvgIpc) is 2.69. The molecule has 1 saturated heterocycles. The van der Waals surface area contributed by atoms with Gasteiger partial charge in [-0.15, -0.1) is 0 Å². The predicted molar refractivity (Wildman–Crippen MR) is 86.5 cm³/mol. The van der Waals surface area contributed by atoms with Crippen LogP contribution in [0, 0.1) is 13.8 Å². The van der Waals surface area contributed by atoms with E-state index < -0.39 is 10.8 Å². The molecule has 3 atom stereocenters. The van der Waals surface area contributed by atoms with Gasteiger partial charge in [-0.3, -0.25) is 14.3 Å². The molecule has 1 fully saturated rings. The second-order valence-electron chi connectivity index (χ2n) is 5.81. The summed E-state index contributed by atoms with van der Waals surface area (Å²) in [5.74, 6) is 0.764. The molecule has 1 heterocycles. The van der Waals surface area contributed by atoms with Crippen LogP contribution in [0.15, 0.2) is 18.2 Å². The van der Waals surface area contributed by atoms with E-state index in [1.54, 1.807) is 6.26 Å². The molecule has 21 heavy (non-hydrogen) atoms. The molecular weight excluding hydrogens is 284 g/mol. The van der Waals surface area contributed by atoms with E-state index in [9.17, 15) is 9.00 Å². The van der Waals surface area contributed by atoms with Crippen LogP contribution in [-0.4, -0.2) is 39.6 Å². The Balaban J connectivity index is 2.21. The molecule has 1 aromatic rings. The van der Waals surface area contributed by atoms with Crippen molar-refractivity contribution in [1.82, 2.24) is 10.2 Å². The van der Waals surface area contributed by atoms with Crippen LogP contribution < -0.4 is 5.32 Å². The Morgan fingerprint density at radius 1 is 1.33 bits per heavy atom. The first-order valence-corrected chi connectivity index (χ1v) is 9.06. The van der Waals surface area contributed by atoms with Crippen LogP contribution in [0.1, 0.15) is 36.2 Å². The number of hydrogen-bond donors (Lipinski definition) is 1. The molecule has 1 aromatic carbocycles. The van der Waals surface area contributed by atoms with Gasteiger partial charge in [-0.25, -0.2) is 0 Å². The van der Waals surface area contributed by atoms with Gasteiger partial charge in [-0.1, -0.05) is 23.8 Å². The molecule has 0 spiro atoms. The summed E-state index contributed by atoms with van der Waals surface area (Å²) in [6, 6.07) is 6.16. The van der Waals surface area contributed by atoms with Gasteiger partial charge < -0.3 is 4.90 Å². The minimum atomic E-state index is -0.808. The minimum absolute atomic E-state index is 0.0716. The van der Waals surface area contributed by atoms with Gasteiger partial charge >= 0.3 is 0 Å². The van der Waals surface area contributed by atoms with E-state index in [2.05, 4.69) is 37.4 Å². The van der Waals surface area contributed by atoms with E-state index in [1.165, 1.54) is 11.1 Å². The Morgan fingerprint density at radius 2 is 2.05 bits per heavy atom. The number of carbonyl (C=O) groups excluding carboxylic acids is 1. The summed E-state index contributed by atoms with van der Waals surface area (Å²) >= 11 is 0. The monoisotopic (exact) mass is 308 g/mol. The van der Waals surface area contributed by atoms with Gasteiger partial charge in [0, 0.05) is 29.4 Å². The molecule has 1 aliphatic heterocycles. The zero-order valence-corrected chi connectivity index (χ0v) is 14.0. The second-order valence-corrected chi connectivity index (χ2v) is 7.37. The van der Waals surface area contributed by atoms with Crippen molar-refractivity contribution in [2.24, 2.45) is 0 Å². The molecular formula is C16H24N2O2S. The molecule has 0 aliphatic carbocycles. The highest BCUT2D eigenvalue weighted by molar-refractivity contribution is 7.84. The lowest BCUT2D eigenvalue weighted by Crippen LogP contribution is -2.32. The summed E-state index contributed by atoms with van der Waals surface area (Å²) < 4.78 is 11.2. The largest absolute Gasteiger partial charge is 0.322 e. The normalized spacial score (nSPS) is 23.6. The first-order valence-electron chi connectivity index (χ1n) is 7.34. The van der Waals surface area contributed by atoms with Gasteiger partial charge in [-0.2, -0.15) is 0 Å². The number of amides is 1. The molecule has 3 unspecified atom stereocenters. The maximum Gasteiger partial charge on any atom is 0.241 e. The number of rotatable bonds is 5. The third-order valence-corrected chi connectivity index (χ3v) is 4.80. The average molecular weight is 308 g/mol. The molecule has 0 radical (unpaired) electrons. The van der Waals surface area contributed by atoms with Crippen LogP contribution >= 0.6 is 0 Å². The summed E-state index contributed by atoms with van der Waals surface area (Å²) in [4.78, 5) is 14.2. The van der Waals surface area contributed by atoms with Gasteiger partial charge in [-0.05, 0) is 38.3 Å². The van der Waals surface area contributed by atoms with E-state index in [0.717, 1.165) is 12.0 Å². The maximum atomic E-state index is 12.3. The van der Waals surface area contributed by atoms with Gasteiger partial charge in [0.2, 0.25) is 5.91 Å². The first-order chi connectivity index (χ1) is 9.90. The number of benzene rings is 1. The van der Waals surface area contributed by atoms with E-state index in [-0.39, 0.29) is 18.1 Å². The third-order valence-electron chi connectivity index (χ3n) is 3.93. The minimum Gasteiger partial charge on any atom is -0.322 e. The zero-order chi connectivity index (χ0) is 15.6. The van der Waals surface area contributed by atoms with Gasteiger partial charge in [0.25, 0.3) is 0 Å². The number of hydrogen-bond acceptors (Lipinski definition) is 3. The molecule has 1 N–H and O–H groups in total. The molecule has 2 rings (SSSR count). The molecule has 116 valence electrons. The van der Waals surface area contributed by atoms with E-state index >= 15 is 0 Å². The molecule has 5 heteroatoms. The van der Waals surface area contributed by atoms with Crippen molar-refractivity contribution in [3.8, 4) is 0 Å². The first kappa shape index (κ1) is 16.2. The molecule has 1 aliphatic rings. The van der Waals surface area contributed by atoms with Crippen LogP contribution in [0.2, 0.25) is 0 Å². The van der Waals surface area contributed by atoms with Crippen molar-refractivity contribution in [2.45, 2.75) is 39.4 Å².